The Morgan fingerprint density at radius 2 is 1.36 bits per heavy atom. The van der Waals surface area contributed by atoms with E-state index in [0.29, 0.717) is 36.5 Å². The molecule has 0 spiro atoms. The zero-order valence-corrected chi connectivity index (χ0v) is 20.2. The van der Waals surface area contributed by atoms with Gasteiger partial charge in [-0.2, -0.15) is 26.3 Å². The average molecular weight is 553 g/mol. The second-order valence-electron chi connectivity index (χ2n) is 8.98. The Morgan fingerprint density at radius 1 is 0.769 bits per heavy atom. The van der Waals surface area contributed by atoms with E-state index in [1.165, 1.54) is 36.4 Å². The lowest BCUT2D eigenvalue weighted by Gasteiger charge is -2.22. The van der Waals surface area contributed by atoms with Crippen molar-refractivity contribution in [1.82, 2.24) is 5.32 Å². The van der Waals surface area contributed by atoms with Gasteiger partial charge in [-0.3, -0.25) is 9.59 Å². The molecule has 0 atom stereocenters. The van der Waals surface area contributed by atoms with Gasteiger partial charge in [0.05, 0.1) is 16.7 Å². The van der Waals surface area contributed by atoms with Crippen molar-refractivity contribution in [2.75, 3.05) is 23.3 Å². The maximum atomic E-state index is 13.2. The van der Waals surface area contributed by atoms with Gasteiger partial charge >= 0.3 is 12.4 Å². The number of amides is 2. The third-order valence-electron chi connectivity index (χ3n) is 6.16. The molecule has 0 aromatic heterocycles. The highest BCUT2D eigenvalue weighted by atomic mass is 19.4. The van der Waals surface area contributed by atoms with Crippen LogP contribution in [0, 0.1) is 5.82 Å². The summed E-state index contributed by atoms with van der Waals surface area (Å²) in [5.74, 6) is -2.18. The summed E-state index contributed by atoms with van der Waals surface area (Å²) in [7, 11) is 0. The fraction of sp³-hybridized carbons (Fsp3) is 0.259. The monoisotopic (exact) mass is 553 g/mol. The third kappa shape index (κ3) is 6.87. The van der Waals surface area contributed by atoms with Crippen LogP contribution in [-0.4, -0.2) is 24.9 Å². The van der Waals surface area contributed by atoms with E-state index in [1.807, 2.05) is 4.90 Å². The molecule has 1 fully saturated rings. The minimum Gasteiger partial charge on any atom is -0.371 e. The molecule has 4 rings (SSSR count). The molecule has 1 saturated heterocycles. The zero-order chi connectivity index (χ0) is 28.4. The molecule has 3 aromatic carbocycles. The second kappa shape index (κ2) is 11.0. The largest absolute Gasteiger partial charge is 0.416 e. The molecule has 0 radical (unpaired) electrons. The van der Waals surface area contributed by atoms with Gasteiger partial charge in [0.25, 0.3) is 11.8 Å². The Labute approximate surface area is 218 Å². The van der Waals surface area contributed by atoms with Crippen LogP contribution in [0.2, 0.25) is 0 Å². The van der Waals surface area contributed by atoms with E-state index in [0.717, 1.165) is 12.8 Å². The molecule has 2 amide bonds. The molecule has 1 heterocycles. The molecule has 5 nitrogen and oxygen atoms in total. The van der Waals surface area contributed by atoms with Crippen LogP contribution < -0.4 is 15.5 Å². The van der Waals surface area contributed by atoms with Crippen LogP contribution in [0.3, 0.4) is 0 Å². The van der Waals surface area contributed by atoms with E-state index >= 15 is 0 Å². The van der Waals surface area contributed by atoms with Crippen LogP contribution in [-0.2, 0) is 18.9 Å². The van der Waals surface area contributed by atoms with Crippen LogP contribution in [0.15, 0.2) is 60.7 Å². The van der Waals surface area contributed by atoms with Crippen molar-refractivity contribution >= 4 is 23.2 Å². The standard InChI is InChI=1S/C27H22F7N3O2/c28-20-5-3-16(4-6-20)15-35-25(39)22-14-21(7-8-23(22)37-9-1-2-10-37)36-24(38)17-11-18(26(29,30)31)13-19(12-17)27(32,33)34/h3-8,11-14H,1-2,9-10,15H2,(H,35,39)(H,36,38). The highest BCUT2D eigenvalue weighted by molar-refractivity contribution is 6.06. The summed E-state index contributed by atoms with van der Waals surface area (Å²) in [6, 6.07) is 10.4. The number of nitrogens with zero attached hydrogens (tertiary/aromatic N) is 1. The van der Waals surface area contributed by atoms with E-state index in [9.17, 15) is 40.3 Å². The number of anilines is 2. The summed E-state index contributed by atoms with van der Waals surface area (Å²) in [4.78, 5) is 27.8. The topological polar surface area (TPSA) is 61.4 Å². The Hall–Kier alpha value is -4.09. The average Bonchev–Trinajstić information content (AvgIpc) is 3.42. The van der Waals surface area contributed by atoms with Crippen LogP contribution in [0.1, 0.15) is 50.2 Å². The molecule has 39 heavy (non-hydrogen) atoms. The minimum atomic E-state index is -5.11. The molecule has 0 bridgehead atoms. The first-order chi connectivity index (χ1) is 18.3. The van der Waals surface area contributed by atoms with E-state index in [4.69, 9.17) is 0 Å². The van der Waals surface area contributed by atoms with E-state index in [2.05, 4.69) is 10.6 Å². The van der Waals surface area contributed by atoms with Gasteiger partial charge in [0.15, 0.2) is 0 Å². The Kier molecular flexibility index (Phi) is 7.84. The normalized spacial score (nSPS) is 13.9. The zero-order valence-electron chi connectivity index (χ0n) is 20.2. The highest BCUT2D eigenvalue weighted by Gasteiger charge is 2.37. The second-order valence-corrected chi connectivity index (χ2v) is 8.98. The minimum absolute atomic E-state index is 0.000787. The lowest BCUT2D eigenvalue weighted by atomic mass is 10.0. The fourth-order valence-electron chi connectivity index (χ4n) is 4.20. The fourth-order valence-corrected chi connectivity index (χ4v) is 4.20. The van der Waals surface area contributed by atoms with Crippen molar-refractivity contribution in [1.29, 1.82) is 0 Å². The summed E-state index contributed by atoms with van der Waals surface area (Å²) in [6.07, 6.45) is -8.43. The molecule has 206 valence electrons. The van der Waals surface area contributed by atoms with Crippen molar-refractivity contribution in [3.63, 3.8) is 0 Å². The number of carbonyl (C=O) groups excluding carboxylic acids is 2. The predicted molar refractivity (Wildman–Crippen MR) is 130 cm³/mol. The third-order valence-corrected chi connectivity index (χ3v) is 6.16. The maximum Gasteiger partial charge on any atom is 0.416 e. The summed E-state index contributed by atoms with van der Waals surface area (Å²) in [5.41, 5.74) is -2.75. The molecule has 1 aliphatic rings. The number of rotatable bonds is 6. The van der Waals surface area contributed by atoms with Gasteiger partial charge in [-0.25, -0.2) is 4.39 Å². The van der Waals surface area contributed by atoms with Crippen molar-refractivity contribution in [2.45, 2.75) is 31.7 Å². The van der Waals surface area contributed by atoms with Gasteiger partial charge in [-0.1, -0.05) is 12.1 Å². The van der Waals surface area contributed by atoms with Crippen molar-refractivity contribution in [3.8, 4) is 0 Å². The van der Waals surface area contributed by atoms with E-state index in [-0.39, 0.29) is 23.9 Å². The Balaban J connectivity index is 1.61. The van der Waals surface area contributed by atoms with E-state index < -0.39 is 46.7 Å². The number of benzene rings is 3. The summed E-state index contributed by atoms with van der Waals surface area (Å²) < 4.78 is 92.4. The smallest absolute Gasteiger partial charge is 0.371 e. The molecule has 3 aromatic rings. The lowest BCUT2D eigenvalue weighted by molar-refractivity contribution is -0.143. The molecule has 0 unspecified atom stereocenters. The van der Waals surface area contributed by atoms with Gasteiger partial charge < -0.3 is 15.5 Å². The van der Waals surface area contributed by atoms with Gasteiger partial charge in [0, 0.05) is 36.6 Å². The highest BCUT2D eigenvalue weighted by Crippen LogP contribution is 2.36. The van der Waals surface area contributed by atoms with Crippen LogP contribution in [0.25, 0.3) is 0 Å². The Morgan fingerprint density at radius 3 is 1.92 bits per heavy atom. The Bertz CT molecular complexity index is 1330. The molecule has 0 aliphatic carbocycles. The van der Waals surface area contributed by atoms with E-state index in [1.54, 1.807) is 6.07 Å². The van der Waals surface area contributed by atoms with Gasteiger partial charge in [-0.05, 0) is 66.9 Å². The van der Waals surface area contributed by atoms with Crippen LogP contribution in [0.4, 0.5) is 42.1 Å². The van der Waals surface area contributed by atoms with Gasteiger partial charge in [0.1, 0.15) is 5.82 Å². The van der Waals surface area contributed by atoms with Gasteiger partial charge in [0.2, 0.25) is 0 Å². The number of alkyl halides is 6. The molecule has 12 heteroatoms. The number of hydrogen-bond acceptors (Lipinski definition) is 3. The van der Waals surface area contributed by atoms with Crippen molar-refractivity contribution < 1.29 is 40.3 Å². The first-order valence-corrected chi connectivity index (χ1v) is 11.8. The number of carbonyl (C=O) groups is 2. The molecule has 2 N–H and O–H groups in total. The summed E-state index contributed by atoms with van der Waals surface area (Å²) in [5, 5.41) is 5.00. The molecule has 1 aliphatic heterocycles. The van der Waals surface area contributed by atoms with Crippen LogP contribution >= 0.6 is 0 Å². The van der Waals surface area contributed by atoms with Crippen molar-refractivity contribution in [3.05, 3.63) is 94.3 Å². The number of nitrogens with one attached hydrogen (secondary N) is 2. The van der Waals surface area contributed by atoms with Crippen molar-refractivity contribution in [2.24, 2.45) is 0 Å². The SMILES string of the molecule is O=C(Nc1ccc(N2CCCC2)c(C(=O)NCc2ccc(F)cc2)c1)c1cc(C(F)(F)F)cc(C(F)(F)F)c1. The first-order valence-electron chi connectivity index (χ1n) is 11.8. The summed E-state index contributed by atoms with van der Waals surface area (Å²) >= 11 is 0. The number of hydrogen-bond donors (Lipinski definition) is 2. The number of halogens is 7. The van der Waals surface area contributed by atoms with Crippen LogP contribution in [0.5, 0.6) is 0 Å². The molecule has 0 saturated carbocycles. The summed E-state index contributed by atoms with van der Waals surface area (Å²) in [6.45, 7) is 1.42. The predicted octanol–water partition coefficient (Wildman–Crippen LogP) is 6.65. The molecular weight excluding hydrogens is 531 g/mol. The quantitative estimate of drug-likeness (QED) is 0.336. The molecular formula is C27H22F7N3O2. The van der Waals surface area contributed by atoms with Gasteiger partial charge in [-0.15, -0.1) is 0 Å². The maximum absolute atomic E-state index is 13.2. The lowest BCUT2D eigenvalue weighted by Crippen LogP contribution is -2.27. The first kappa shape index (κ1) is 27.9.